The van der Waals surface area contributed by atoms with Gasteiger partial charge < -0.3 is 14.7 Å². The summed E-state index contributed by atoms with van der Waals surface area (Å²) in [6.07, 6.45) is 0. The highest BCUT2D eigenvalue weighted by atomic mass is 15.2. The van der Waals surface area contributed by atoms with Crippen LogP contribution in [0, 0.1) is 6.92 Å². The van der Waals surface area contributed by atoms with Gasteiger partial charge in [0.15, 0.2) is 0 Å². The Balaban J connectivity index is 3.48. The quantitative estimate of drug-likeness (QED) is 0.774. The van der Waals surface area contributed by atoms with E-state index in [-0.39, 0.29) is 0 Å². The van der Waals surface area contributed by atoms with E-state index in [0.717, 1.165) is 0 Å². The third-order valence-corrected chi connectivity index (χ3v) is 2.62. The number of benzene rings is 1. The molecule has 0 aliphatic heterocycles. The number of hydrogen-bond donors (Lipinski definition) is 0. The molecule has 0 bridgehead atoms. The Kier molecular flexibility index (Phi) is 3.68. The molecular weight excluding hydrogens is 198 g/mol. The van der Waals surface area contributed by atoms with Crippen LogP contribution >= 0.6 is 0 Å². The molecule has 1 rings (SSSR count). The second-order valence-corrected chi connectivity index (χ2v) is 4.84. The van der Waals surface area contributed by atoms with E-state index in [1.807, 2.05) is 0 Å². The van der Waals surface area contributed by atoms with Crippen LogP contribution in [0.3, 0.4) is 0 Å². The van der Waals surface area contributed by atoms with Crippen LogP contribution in [0.25, 0.3) is 0 Å². The summed E-state index contributed by atoms with van der Waals surface area (Å²) in [7, 11) is 12.5. The normalized spacial score (nSPS) is 10.2. The van der Waals surface area contributed by atoms with Crippen LogP contribution in [-0.2, 0) is 0 Å². The molecule has 3 nitrogen and oxygen atoms in total. The van der Waals surface area contributed by atoms with Gasteiger partial charge in [0, 0.05) is 42.3 Å². The first-order valence-electron chi connectivity index (χ1n) is 5.51. The van der Waals surface area contributed by atoms with Gasteiger partial charge in [-0.1, -0.05) is 0 Å². The second-order valence-electron chi connectivity index (χ2n) is 4.84. The van der Waals surface area contributed by atoms with E-state index in [4.69, 9.17) is 0 Å². The van der Waals surface area contributed by atoms with Gasteiger partial charge in [-0.15, -0.1) is 0 Å². The van der Waals surface area contributed by atoms with Crippen LogP contribution in [0.1, 0.15) is 5.56 Å². The smallest absolute Gasteiger partial charge is 0.0836 e. The molecule has 3 heteroatoms. The molecule has 16 heavy (non-hydrogen) atoms. The molecule has 0 heterocycles. The zero-order valence-corrected chi connectivity index (χ0v) is 11.5. The van der Waals surface area contributed by atoms with Crippen molar-refractivity contribution in [2.45, 2.75) is 6.92 Å². The summed E-state index contributed by atoms with van der Waals surface area (Å²) in [5, 5.41) is 0. The Labute approximate surface area is 99.3 Å². The van der Waals surface area contributed by atoms with Crippen LogP contribution in [0.4, 0.5) is 17.1 Å². The molecule has 1 aromatic carbocycles. The van der Waals surface area contributed by atoms with Gasteiger partial charge in [-0.05, 0) is 24.6 Å². The van der Waals surface area contributed by atoms with E-state index in [2.05, 4.69) is 76.0 Å². The standard InChI is InChI=1S/C13H23N3/c1-10-8-11(14(2)3)13(16(6)7)12(9-10)15(4)5/h8-9H,1-7H3. The van der Waals surface area contributed by atoms with Gasteiger partial charge in [0.05, 0.1) is 17.1 Å². The zero-order chi connectivity index (χ0) is 12.5. The summed E-state index contributed by atoms with van der Waals surface area (Å²) in [5.41, 5.74) is 5.07. The molecule has 0 saturated carbocycles. The summed E-state index contributed by atoms with van der Waals surface area (Å²) < 4.78 is 0. The Morgan fingerprint density at radius 3 is 1.31 bits per heavy atom. The molecule has 0 spiro atoms. The Hall–Kier alpha value is -1.38. The number of nitrogens with zero attached hydrogens (tertiary/aromatic N) is 3. The van der Waals surface area contributed by atoms with Gasteiger partial charge >= 0.3 is 0 Å². The van der Waals surface area contributed by atoms with E-state index in [1.165, 1.54) is 22.6 Å². The minimum absolute atomic E-state index is 1.26. The minimum atomic E-state index is 1.26. The van der Waals surface area contributed by atoms with Gasteiger partial charge in [-0.25, -0.2) is 0 Å². The number of rotatable bonds is 3. The number of hydrogen-bond acceptors (Lipinski definition) is 3. The highest BCUT2D eigenvalue weighted by Gasteiger charge is 2.14. The summed E-state index contributed by atoms with van der Waals surface area (Å²) in [4.78, 5) is 6.49. The first kappa shape index (κ1) is 12.7. The van der Waals surface area contributed by atoms with Crippen molar-refractivity contribution >= 4 is 17.1 Å². The molecule has 0 aromatic heterocycles. The molecule has 0 saturated heterocycles. The van der Waals surface area contributed by atoms with Crippen molar-refractivity contribution in [3.8, 4) is 0 Å². The molecule has 90 valence electrons. The van der Waals surface area contributed by atoms with Crippen LogP contribution in [0.5, 0.6) is 0 Å². The fourth-order valence-electron chi connectivity index (χ4n) is 1.88. The van der Waals surface area contributed by atoms with E-state index in [9.17, 15) is 0 Å². The van der Waals surface area contributed by atoms with E-state index < -0.39 is 0 Å². The van der Waals surface area contributed by atoms with Gasteiger partial charge in [-0.3, -0.25) is 0 Å². The fourth-order valence-corrected chi connectivity index (χ4v) is 1.88. The first-order chi connectivity index (χ1) is 7.34. The third-order valence-electron chi connectivity index (χ3n) is 2.62. The van der Waals surface area contributed by atoms with Crippen molar-refractivity contribution in [2.24, 2.45) is 0 Å². The lowest BCUT2D eigenvalue weighted by Gasteiger charge is -2.29. The third kappa shape index (κ3) is 2.40. The molecule has 0 amide bonds. The lowest BCUT2D eigenvalue weighted by atomic mass is 10.1. The molecule has 0 unspecified atom stereocenters. The van der Waals surface area contributed by atoms with Gasteiger partial charge in [0.1, 0.15) is 0 Å². The Bertz CT molecular complexity index is 338. The molecule has 0 atom stereocenters. The lowest BCUT2D eigenvalue weighted by molar-refractivity contribution is 1.04. The molecule has 0 aliphatic carbocycles. The maximum Gasteiger partial charge on any atom is 0.0836 e. The van der Waals surface area contributed by atoms with Gasteiger partial charge in [0.25, 0.3) is 0 Å². The summed E-state index contributed by atoms with van der Waals surface area (Å²) >= 11 is 0. The Morgan fingerprint density at radius 1 is 0.688 bits per heavy atom. The second kappa shape index (κ2) is 4.64. The van der Waals surface area contributed by atoms with Crippen molar-refractivity contribution in [1.82, 2.24) is 0 Å². The molecule has 1 aromatic rings. The van der Waals surface area contributed by atoms with Crippen LogP contribution < -0.4 is 14.7 Å². The average molecular weight is 221 g/mol. The number of anilines is 3. The molecule has 0 aliphatic rings. The molecule has 0 radical (unpaired) electrons. The zero-order valence-electron chi connectivity index (χ0n) is 11.5. The number of aryl methyl sites for hydroxylation is 1. The SMILES string of the molecule is Cc1cc(N(C)C)c(N(C)C)c(N(C)C)c1. The lowest BCUT2D eigenvalue weighted by Crippen LogP contribution is -2.21. The van der Waals surface area contributed by atoms with E-state index in [0.29, 0.717) is 0 Å². The van der Waals surface area contributed by atoms with Crippen molar-refractivity contribution in [3.63, 3.8) is 0 Å². The van der Waals surface area contributed by atoms with Crippen LogP contribution in [-0.4, -0.2) is 42.3 Å². The van der Waals surface area contributed by atoms with Crippen LogP contribution in [0.15, 0.2) is 12.1 Å². The summed E-state index contributed by atoms with van der Waals surface area (Å²) in [5.74, 6) is 0. The van der Waals surface area contributed by atoms with Gasteiger partial charge in [-0.2, -0.15) is 0 Å². The first-order valence-corrected chi connectivity index (χ1v) is 5.51. The largest absolute Gasteiger partial charge is 0.376 e. The molecule has 0 N–H and O–H groups in total. The van der Waals surface area contributed by atoms with Crippen molar-refractivity contribution in [3.05, 3.63) is 17.7 Å². The fraction of sp³-hybridized carbons (Fsp3) is 0.538. The van der Waals surface area contributed by atoms with Crippen LogP contribution in [0.2, 0.25) is 0 Å². The van der Waals surface area contributed by atoms with Crippen molar-refractivity contribution < 1.29 is 0 Å². The molecule has 0 fully saturated rings. The van der Waals surface area contributed by atoms with E-state index >= 15 is 0 Å². The van der Waals surface area contributed by atoms with Crippen molar-refractivity contribution in [1.29, 1.82) is 0 Å². The predicted molar refractivity (Wildman–Crippen MR) is 74.2 cm³/mol. The topological polar surface area (TPSA) is 9.72 Å². The monoisotopic (exact) mass is 221 g/mol. The summed E-state index contributed by atoms with van der Waals surface area (Å²) in [6, 6.07) is 4.45. The average Bonchev–Trinajstić information content (AvgIpc) is 2.15. The van der Waals surface area contributed by atoms with E-state index in [1.54, 1.807) is 0 Å². The highest BCUT2D eigenvalue weighted by Crippen LogP contribution is 2.37. The minimum Gasteiger partial charge on any atom is -0.376 e. The van der Waals surface area contributed by atoms with Gasteiger partial charge in [0.2, 0.25) is 0 Å². The van der Waals surface area contributed by atoms with Crippen molar-refractivity contribution in [2.75, 3.05) is 57.0 Å². The summed E-state index contributed by atoms with van der Waals surface area (Å²) in [6.45, 7) is 2.14. The Morgan fingerprint density at radius 2 is 1.06 bits per heavy atom. The predicted octanol–water partition coefficient (Wildman–Crippen LogP) is 2.19. The maximum absolute atomic E-state index is 2.22. The highest BCUT2D eigenvalue weighted by molar-refractivity contribution is 5.85. The maximum atomic E-state index is 2.22. The molecular formula is C13H23N3.